The zero-order valence-electron chi connectivity index (χ0n) is 16.9. The van der Waals surface area contributed by atoms with Crippen molar-refractivity contribution in [1.29, 1.82) is 0 Å². The lowest BCUT2D eigenvalue weighted by molar-refractivity contribution is -0.113. The molecule has 0 unspecified atom stereocenters. The second-order valence-corrected chi connectivity index (χ2v) is 10.2. The number of rotatable bonds is 7. The SMILES string of the molecule is COc1ccc(NC(=O)CSc2nc3ccc(N=Cc4cc(I)ccc4O)cc3s2)cc1. The molecule has 0 aliphatic heterocycles. The summed E-state index contributed by atoms with van der Waals surface area (Å²) in [5.74, 6) is 1.11. The van der Waals surface area contributed by atoms with Crippen LogP contribution in [0.2, 0.25) is 0 Å². The normalized spacial score (nSPS) is 11.2. The van der Waals surface area contributed by atoms with Crippen molar-refractivity contribution in [3.05, 3.63) is 69.8 Å². The van der Waals surface area contributed by atoms with Gasteiger partial charge in [-0.2, -0.15) is 0 Å². The van der Waals surface area contributed by atoms with Gasteiger partial charge in [-0.1, -0.05) is 11.8 Å². The minimum Gasteiger partial charge on any atom is -0.507 e. The van der Waals surface area contributed by atoms with Gasteiger partial charge in [0.2, 0.25) is 5.91 Å². The van der Waals surface area contributed by atoms with Crippen LogP contribution in [0.4, 0.5) is 11.4 Å². The Balaban J connectivity index is 1.39. The third-order valence-electron chi connectivity index (χ3n) is 4.40. The molecule has 3 aromatic carbocycles. The highest BCUT2D eigenvalue weighted by Crippen LogP contribution is 2.32. The predicted octanol–water partition coefficient (Wildman–Crippen LogP) is 6.10. The van der Waals surface area contributed by atoms with Gasteiger partial charge in [-0.05, 0) is 83.3 Å². The van der Waals surface area contributed by atoms with Crippen LogP contribution in [-0.2, 0) is 4.79 Å². The van der Waals surface area contributed by atoms with Crippen molar-refractivity contribution in [1.82, 2.24) is 4.98 Å². The maximum atomic E-state index is 12.3. The lowest BCUT2D eigenvalue weighted by Crippen LogP contribution is -2.13. The molecule has 1 amide bonds. The molecule has 0 fully saturated rings. The van der Waals surface area contributed by atoms with E-state index in [0.29, 0.717) is 5.56 Å². The molecule has 4 rings (SSSR count). The number of halogens is 1. The minimum absolute atomic E-state index is 0.0954. The number of ether oxygens (including phenoxy) is 1. The number of aliphatic imine (C=N–C) groups is 1. The molecule has 0 spiro atoms. The van der Waals surface area contributed by atoms with E-state index in [0.717, 1.165) is 35.3 Å². The van der Waals surface area contributed by atoms with E-state index in [1.165, 1.54) is 23.1 Å². The zero-order valence-corrected chi connectivity index (χ0v) is 20.7. The number of phenolic OH excluding ortho intramolecular Hbond substituents is 1. The van der Waals surface area contributed by atoms with Crippen molar-refractivity contribution in [2.75, 3.05) is 18.2 Å². The monoisotopic (exact) mass is 575 g/mol. The first kappa shape index (κ1) is 22.6. The number of aromatic hydroxyl groups is 1. The number of nitrogens with zero attached hydrogens (tertiary/aromatic N) is 2. The van der Waals surface area contributed by atoms with Crippen LogP contribution < -0.4 is 10.1 Å². The first-order chi connectivity index (χ1) is 15.5. The number of fused-ring (bicyclic) bond motifs is 1. The summed E-state index contributed by atoms with van der Waals surface area (Å²) < 4.78 is 7.96. The highest BCUT2D eigenvalue weighted by atomic mass is 127. The van der Waals surface area contributed by atoms with Gasteiger partial charge in [0.15, 0.2) is 4.34 Å². The standard InChI is InChI=1S/C23H18IN3O3S2/c1-30-18-6-3-16(4-7-18)26-22(29)13-31-23-27-19-8-5-17(11-21(19)32-23)25-12-14-10-15(24)2-9-20(14)28/h2-12,28H,13H2,1H3,(H,26,29). The van der Waals surface area contributed by atoms with Crippen LogP contribution in [0.25, 0.3) is 10.2 Å². The lowest BCUT2D eigenvalue weighted by Gasteiger charge is -2.05. The smallest absolute Gasteiger partial charge is 0.234 e. The molecule has 1 aromatic heterocycles. The van der Waals surface area contributed by atoms with E-state index in [2.05, 4.69) is 37.9 Å². The molecule has 0 aliphatic rings. The molecular weight excluding hydrogens is 557 g/mol. The van der Waals surface area contributed by atoms with Crippen molar-refractivity contribution in [3.63, 3.8) is 0 Å². The molecular formula is C23H18IN3O3S2. The molecule has 6 nitrogen and oxygen atoms in total. The summed E-state index contributed by atoms with van der Waals surface area (Å²) in [6.45, 7) is 0. The Morgan fingerprint density at radius 3 is 2.81 bits per heavy atom. The Morgan fingerprint density at radius 2 is 2.03 bits per heavy atom. The van der Waals surface area contributed by atoms with Crippen molar-refractivity contribution < 1.29 is 14.6 Å². The van der Waals surface area contributed by atoms with E-state index in [1.807, 2.05) is 30.3 Å². The molecule has 0 radical (unpaired) electrons. The van der Waals surface area contributed by atoms with Crippen LogP contribution >= 0.6 is 45.7 Å². The van der Waals surface area contributed by atoms with E-state index < -0.39 is 0 Å². The van der Waals surface area contributed by atoms with Crippen molar-refractivity contribution in [2.45, 2.75) is 4.34 Å². The minimum atomic E-state index is -0.0954. The summed E-state index contributed by atoms with van der Waals surface area (Å²) in [5.41, 5.74) is 3.03. The van der Waals surface area contributed by atoms with Gasteiger partial charge in [0, 0.05) is 21.0 Å². The highest BCUT2D eigenvalue weighted by molar-refractivity contribution is 14.1. The maximum Gasteiger partial charge on any atom is 0.234 e. The van der Waals surface area contributed by atoms with Gasteiger partial charge in [-0.3, -0.25) is 9.79 Å². The molecule has 0 saturated carbocycles. The van der Waals surface area contributed by atoms with Crippen LogP contribution in [0.15, 0.2) is 70.0 Å². The number of benzene rings is 3. The van der Waals surface area contributed by atoms with Crippen LogP contribution in [-0.4, -0.2) is 35.1 Å². The van der Waals surface area contributed by atoms with Gasteiger partial charge in [-0.25, -0.2) is 4.98 Å². The third-order valence-corrected chi connectivity index (χ3v) is 7.23. The van der Waals surface area contributed by atoms with Crippen molar-refractivity contribution >= 4 is 79.4 Å². The number of carbonyl (C=O) groups excluding carboxylic acids is 1. The summed E-state index contributed by atoms with van der Waals surface area (Å²) >= 11 is 5.12. The topological polar surface area (TPSA) is 83.8 Å². The summed E-state index contributed by atoms with van der Waals surface area (Å²) in [6.07, 6.45) is 1.65. The molecule has 162 valence electrons. The average Bonchev–Trinajstić information content (AvgIpc) is 3.21. The summed E-state index contributed by atoms with van der Waals surface area (Å²) in [6, 6.07) is 18.3. The van der Waals surface area contributed by atoms with Crippen molar-refractivity contribution in [2.24, 2.45) is 4.99 Å². The fourth-order valence-electron chi connectivity index (χ4n) is 2.81. The summed E-state index contributed by atoms with van der Waals surface area (Å²) in [5, 5.41) is 12.8. The number of carbonyl (C=O) groups is 1. The molecule has 9 heteroatoms. The zero-order chi connectivity index (χ0) is 22.5. The molecule has 0 aliphatic carbocycles. The number of thiazole rings is 1. The number of nitrogens with one attached hydrogen (secondary N) is 1. The number of methoxy groups -OCH3 is 1. The summed E-state index contributed by atoms with van der Waals surface area (Å²) in [7, 11) is 1.60. The van der Waals surface area contributed by atoms with Gasteiger partial charge < -0.3 is 15.2 Å². The Kier molecular flexibility index (Phi) is 7.28. The summed E-state index contributed by atoms with van der Waals surface area (Å²) in [4.78, 5) is 21.3. The van der Waals surface area contributed by atoms with Crippen LogP contribution in [0.3, 0.4) is 0 Å². The van der Waals surface area contributed by atoms with Gasteiger partial charge in [0.25, 0.3) is 0 Å². The largest absolute Gasteiger partial charge is 0.507 e. The van der Waals surface area contributed by atoms with Crippen LogP contribution in [0.5, 0.6) is 11.5 Å². The number of hydrogen-bond donors (Lipinski definition) is 2. The first-order valence-electron chi connectivity index (χ1n) is 9.50. The van der Waals surface area contributed by atoms with Crippen LogP contribution in [0.1, 0.15) is 5.56 Å². The third kappa shape index (κ3) is 5.78. The van der Waals surface area contributed by atoms with Crippen LogP contribution in [0, 0.1) is 3.57 Å². The highest BCUT2D eigenvalue weighted by Gasteiger charge is 2.09. The number of anilines is 1. The van der Waals surface area contributed by atoms with E-state index >= 15 is 0 Å². The Labute approximate surface area is 206 Å². The molecule has 0 saturated heterocycles. The van der Waals surface area contributed by atoms with Gasteiger partial charge in [0.1, 0.15) is 11.5 Å². The molecule has 0 atom stereocenters. The Hall–Kier alpha value is -2.63. The Morgan fingerprint density at radius 1 is 1.22 bits per heavy atom. The average molecular weight is 575 g/mol. The predicted molar refractivity (Wildman–Crippen MR) is 140 cm³/mol. The number of amides is 1. The maximum absolute atomic E-state index is 12.3. The molecule has 1 heterocycles. The number of phenols is 1. The Bertz CT molecular complexity index is 1290. The fraction of sp³-hybridized carbons (Fsp3) is 0.0870. The molecule has 0 bridgehead atoms. The van der Waals surface area contributed by atoms with Gasteiger partial charge in [-0.15, -0.1) is 11.3 Å². The van der Waals surface area contributed by atoms with E-state index in [1.54, 1.807) is 43.7 Å². The van der Waals surface area contributed by atoms with E-state index in [9.17, 15) is 9.90 Å². The number of thioether (sulfide) groups is 1. The lowest BCUT2D eigenvalue weighted by atomic mass is 10.2. The van der Waals surface area contributed by atoms with Gasteiger partial charge >= 0.3 is 0 Å². The second-order valence-electron chi connectivity index (χ2n) is 6.66. The first-order valence-corrected chi connectivity index (χ1v) is 12.4. The van der Waals surface area contributed by atoms with E-state index in [4.69, 9.17) is 4.74 Å². The molecule has 4 aromatic rings. The number of aromatic nitrogens is 1. The van der Waals surface area contributed by atoms with E-state index in [-0.39, 0.29) is 17.4 Å². The second kappa shape index (κ2) is 10.3. The molecule has 2 N–H and O–H groups in total. The van der Waals surface area contributed by atoms with Gasteiger partial charge in [0.05, 0.1) is 28.8 Å². The number of hydrogen-bond acceptors (Lipinski definition) is 7. The molecule has 32 heavy (non-hydrogen) atoms. The quantitative estimate of drug-likeness (QED) is 0.158. The van der Waals surface area contributed by atoms with Crippen molar-refractivity contribution in [3.8, 4) is 11.5 Å². The fourth-order valence-corrected chi connectivity index (χ4v) is 5.22.